The van der Waals surface area contributed by atoms with Crippen LogP contribution in [0.4, 0.5) is 0 Å². The summed E-state index contributed by atoms with van der Waals surface area (Å²) >= 11 is 8.12. The zero-order valence-corrected chi connectivity index (χ0v) is 17.5. The van der Waals surface area contributed by atoms with Gasteiger partial charge in [0.05, 0.1) is 11.4 Å². The minimum atomic E-state index is -0.0967. The molecular formula is C20H17N3O2S3. The van der Waals surface area contributed by atoms with Crippen molar-refractivity contribution in [3.8, 4) is 0 Å². The van der Waals surface area contributed by atoms with E-state index in [0.717, 1.165) is 21.3 Å². The van der Waals surface area contributed by atoms with E-state index in [1.165, 1.54) is 16.7 Å². The molecule has 1 aromatic carbocycles. The fraction of sp³-hybridized carbons (Fsp3) is 0.150. The third-order valence-electron chi connectivity index (χ3n) is 4.45. The van der Waals surface area contributed by atoms with Gasteiger partial charge in [0.1, 0.15) is 10.9 Å². The highest BCUT2D eigenvalue weighted by Gasteiger charge is 2.29. The molecule has 0 aliphatic carbocycles. The molecule has 1 fully saturated rings. The summed E-state index contributed by atoms with van der Waals surface area (Å²) in [6.45, 7) is 0.746. The van der Waals surface area contributed by atoms with E-state index in [-0.39, 0.29) is 18.4 Å². The summed E-state index contributed by atoms with van der Waals surface area (Å²) in [7, 11) is 1.68. The molecular weight excluding hydrogens is 410 g/mol. The second-order valence-electron chi connectivity index (χ2n) is 6.33. The van der Waals surface area contributed by atoms with Gasteiger partial charge in [-0.1, -0.05) is 48.2 Å². The molecule has 4 rings (SSSR count). The lowest BCUT2D eigenvalue weighted by atomic mass is 10.1. The number of likely N-dealkylation sites (N-methyl/N-ethyl adjacent to an activating group) is 1. The number of fused-ring (bicyclic) bond motifs is 1. The van der Waals surface area contributed by atoms with Gasteiger partial charge in [0.2, 0.25) is 5.91 Å². The molecule has 0 saturated carbocycles. The number of nitrogens with zero attached hydrogens (tertiary/aromatic N) is 2. The van der Waals surface area contributed by atoms with Crippen molar-refractivity contribution in [2.45, 2.75) is 13.1 Å². The minimum absolute atomic E-state index is 0.0550. The Morgan fingerprint density at radius 3 is 2.79 bits per heavy atom. The predicted molar refractivity (Wildman–Crippen MR) is 119 cm³/mol. The number of carbonyl (C=O) groups excluding carboxylic acids is 2. The molecule has 28 heavy (non-hydrogen) atoms. The average Bonchev–Trinajstić information content (AvgIpc) is 3.38. The third-order valence-corrected chi connectivity index (χ3v) is 6.81. The van der Waals surface area contributed by atoms with Crippen molar-refractivity contribution in [3.05, 3.63) is 63.3 Å². The Hall–Kier alpha value is -2.42. The van der Waals surface area contributed by atoms with E-state index < -0.39 is 0 Å². The van der Waals surface area contributed by atoms with Crippen LogP contribution in [0.25, 0.3) is 17.0 Å². The van der Waals surface area contributed by atoms with E-state index in [4.69, 9.17) is 12.2 Å². The Bertz CT molecular complexity index is 1100. The number of hydrogen-bond acceptors (Lipinski definition) is 5. The topological polar surface area (TPSA) is 54.3 Å². The first-order valence-corrected chi connectivity index (χ1v) is 10.7. The lowest BCUT2D eigenvalue weighted by molar-refractivity contribution is -0.122. The van der Waals surface area contributed by atoms with E-state index in [2.05, 4.69) is 5.32 Å². The molecule has 142 valence electrons. The van der Waals surface area contributed by atoms with Crippen molar-refractivity contribution in [1.82, 2.24) is 14.8 Å². The SMILES string of the molecule is CN1C(=O)/C(=C/c2cn(CC(=O)NCc3cccs3)c3ccccc23)SC1=S. The first-order chi connectivity index (χ1) is 13.5. The second-order valence-corrected chi connectivity index (χ2v) is 9.03. The van der Waals surface area contributed by atoms with Crippen LogP contribution < -0.4 is 5.32 Å². The van der Waals surface area contributed by atoms with Gasteiger partial charge in [-0.15, -0.1) is 11.3 Å². The van der Waals surface area contributed by atoms with Crippen molar-refractivity contribution >= 4 is 68.4 Å². The van der Waals surface area contributed by atoms with Gasteiger partial charge in [-0.05, 0) is 23.6 Å². The highest BCUT2D eigenvalue weighted by Crippen LogP contribution is 2.33. The summed E-state index contributed by atoms with van der Waals surface area (Å²) in [5, 5.41) is 5.94. The first-order valence-electron chi connectivity index (χ1n) is 8.61. The Balaban J connectivity index is 1.59. The van der Waals surface area contributed by atoms with Gasteiger partial charge in [0.25, 0.3) is 5.91 Å². The van der Waals surface area contributed by atoms with Crippen LogP contribution >= 0.6 is 35.3 Å². The first kappa shape index (κ1) is 18.9. The molecule has 2 amide bonds. The van der Waals surface area contributed by atoms with Gasteiger partial charge in [-0.3, -0.25) is 14.5 Å². The number of amides is 2. The van der Waals surface area contributed by atoms with Gasteiger partial charge in [0.15, 0.2) is 0 Å². The van der Waals surface area contributed by atoms with Crippen LogP contribution in [-0.2, 0) is 22.7 Å². The van der Waals surface area contributed by atoms with Crippen molar-refractivity contribution < 1.29 is 9.59 Å². The number of thiocarbonyl (C=S) groups is 1. The number of hydrogen-bond donors (Lipinski definition) is 1. The largest absolute Gasteiger partial charge is 0.350 e. The highest BCUT2D eigenvalue weighted by molar-refractivity contribution is 8.26. The number of carbonyl (C=O) groups is 2. The molecule has 1 aliphatic heterocycles. The number of nitrogens with one attached hydrogen (secondary N) is 1. The lowest BCUT2D eigenvalue weighted by Gasteiger charge is -2.06. The van der Waals surface area contributed by atoms with Crippen molar-refractivity contribution in [2.24, 2.45) is 0 Å². The molecule has 8 heteroatoms. The Kier molecular flexibility index (Phi) is 5.34. The van der Waals surface area contributed by atoms with E-state index in [9.17, 15) is 9.59 Å². The number of thioether (sulfide) groups is 1. The quantitative estimate of drug-likeness (QED) is 0.496. The average molecular weight is 428 g/mol. The number of para-hydroxylation sites is 1. The van der Waals surface area contributed by atoms with Crippen LogP contribution in [0.15, 0.2) is 52.9 Å². The Morgan fingerprint density at radius 2 is 2.07 bits per heavy atom. The lowest BCUT2D eigenvalue weighted by Crippen LogP contribution is -2.26. The molecule has 0 atom stereocenters. The summed E-state index contributed by atoms with van der Waals surface area (Å²) < 4.78 is 2.46. The van der Waals surface area contributed by atoms with Gasteiger partial charge < -0.3 is 9.88 Å². The summed E-state index contributed by atoms with van der Waals surface area (Å²) in [5.41, 5.74) is 1.85. The molecule has 5 nitrogen and oxygen atoms in total. The number of benzene rings is 1. The van der Waals surface area contributed by atoms with Crippen LogP contribution in [0, 0.1) is 0 Å². The molecule has 0 radical (unpaired) electrons. The smallest absolute Gasteiger partial charge is 0.265 e. The third kappa shape index (κ3) is 3.76. The monoisotopic (exact) mass is 427 g/mol. The summed E-state index contributed by atoms with van der Waals surface area (Å²) in [4.78, 5) is 27.9. The predicted octanol–water partition coefficient (Wildman–Crippen LogP) is 3.85. The fourth-order valence-corrected chi connectivity index (χ4v) is 4.83. The van der Waals surface area contributed by atoms with Gasteiger partial charge in [0, 0.05) is 34.6 Å². The van der Waals surface area contributed by atoms with E-state index in [1.54, 1.807) is 18.4 Å². The zero-order valence-electron chi connectivity index (χ0n) is 15.0. The van der Waals surface area contributed by atoms with Crippen molar-refractivity contribution in [1.29, 1.82) is 0 Å². The molecule has 3 heterocycles. The molecule has 0 unspecified atom stereocenters. The second kappa shape index (κ2) is 7.90. The van der Waals surface area contributed by atoms with Gasteiger partial charge in [-0.25, -0.2) is 0 Å². The maximum absolute atomic E-state index is 12.4. The van der Waals surface area contributed by atoms with Crippen LogP contribution in [-0.4, -0.2) is 32.6 Å². The van der Waals surface area contributed by atoms with E-state index in [1.807, 2.05) is 58.6 Å². The van der Waals surface area contributed by atoms with Gasteiger partial charge >= 0.3 is 0 Å². The van der Waals surface area contributed by atoms with Crippen molar-refractivity contribution in [3.63, 3.8) is 0 Å². The Morgan fingerprint density at radius 1 is 1.25 bits per heavy atom. The fourth-order valence-electron chi connectivity index (χ4n) is 3.02. The number of aromatic nitrogens is 1. The number of rotatable bonds is 5. The molecule has 0 bridgehead atoms. The molecule has 1 aliphatic rings. The summed E-state index contributed by atoms with van der Waals surface area (Å²) in [6, 6.07) is 11.8. The van der Waals surface area contributed by atoms with E-state index >= 15 is 0 Å². The number of thiophene rings is 1. The summed E-state index contributed by atoms with van der Waals surface area (Å²) in [6.07, 6.45) is 3.77. The Labute approximate surface area is 176 Å². The highest BCUT2D eigenvalue weighted by atomic mass is 32.2. The maximum atomic E-state index is 12.4. The van der Waals surface area contributed by atoms with E-state index in [0.29, 0.717) is 15.8 Å². The van der Waals surface area contributed by atoms with Crippen LogP contribution in [0.2, 0.25) is 0 Å². The van der Waals surface area contributed by atoms with Crippen molar-refractivity contribution in [2.75, 3.05) is 7.05 Å². The maximum Gasteiger partial charge on any atom is 0.265 e. The molecule has 1 N–H and O–H groups in total. The normalized spacial score (nSPS) is 15.8. The molecule has 2 aromatic heterocycles. The molecule has 3 aromatic rings. The van der Waals surface area contributed by atoms with Gasteiger partial charge in [-0.2, -0.15) is 0 Å². The molecule has 0 spiro atoms. The van der Waals surface area contributed by atoms with Crippen LogP contribution in [0.1, 0.15) is 10.4 Å². The van der Waals surface area contributed by atoms with Crippen LogP contribution in [0.3, 0.4) is 0 Å². The molecule has 1 saturated heterocycles. The zero-order chi connectivity index (χ0) is 19.7. The summed E-state index contributed by atoms with van der Waals surface area (Å²) in [5.74, 6) is -0.152. The standard InChI is InChI=1S/C20H17N3O2S3/c1-22-19(25)17(28-20(22)26)9-13-11-23(16-7-3-2-6-15(13)16)12-18(24)21-10-14-5-4-8-27-14/h2-9,11H,10,12H2,1H3,(H,21,24)/b17-9-. The van der Waals surface area contributed by atoms with Crippen LogP contribution in [0.5, 0.6) is 0 Å². The minimum Gasteiger partial charge on any atom is -0.350 e.